The predicted molar refractivity (Wildman–Crippen MR) is 107 cm³/mol. The summed E-state index contributed by atoms with van der Waals surface area (Å²) in [5, 5.41) is 4.94. The van der Waals surface area contributed by atoms with Crippen molar-refractivity contribution in [2.24, 2.45) is 0 Å². The summed E-state index contributed by atoms with van der Waals surface area (Å²) in [4.78, 5) is 16.9. The summed E-state index contributed by atoms with van der Waals surface area (Å²) < 4.78 is 12.4. The number of rotatable bonds is 6. The van der Waals surface area contributed by atoms with E-state index in [9.17, 15) is 4.79 Å². The molecule has 0 aliphatic rings. The SMILES string of the molecule is COc1cccc2cc(C(C)NC(=O)CCc3nc4ccccc4s3)oc12. The van der Waals surface area contributed by atoms with E-state index in [4.69, 9.17) is 9.15 Å². The average Bonchev–Trinajstić information content (AvgIpc) is 3.29. The number of amides is 1. The van der Waals surface area contributed by atoms with Gasteiger partial charge in [-0.05, 0) is 31.2 Å². The fourth-order valence-electron chi connectivity index (χ4n) is 3.06. The number of ether oxygens (including phenoxy) is 1. The Balaban J connectivity index is 1.40. The van der Waals surface area contributed by atoms with Gasteiger partial charge in [0.1, 0.15) is 5.76 Å². The van der Waals surface area contributed by atoms with Crippen LogP contribution in [0.3, 0.4) is 0 Å². The van der Waals surface area contributed by atoms with Crippen LogP contribution in [0.1, 0.15) is 30.2 Å². The lowest BCUT2D eigenvalue weighted by Crippen LogP contribution is -2.26. The van der Waals surface area contributed by atoms with Crippen molar-refractivity contribution in [2.45, 2.75) is 25.8 Å². The van der Waals surface area contributed by atoms with Crippen LogP contribution in [-0.2, 0) is 11.2 Å². The Hall–Kier alpha value is -2.86. The summed E-state index contributed by atoms with van der Waals surface area (Å²) in [5.74, 6) is 1.38. The maximum atomic E-state index is 12.4. The minimum Gasteiger partial charge on any atom is -0.493 e. The topological polar surface area (TPSA) is 64.4 Å². The Morgan fingerprint density at radius 2 is 2.11 bits per heavy atom. The van der Waals surface area contributed by atoms with Crippen molar-refractivity contribution in [2.75, 3.05) is 7.11 Å². The number of furan rings is 1. The van der Waals surface area contributed by atoms with Gasteiger partial charge in [-0.1, -0.05) is 24.3 Å². The Morgan fingerprint density at radius 3 is 2.93 bits per heavy atom. The van der Waals surface area contributed by atoms with Crippen LogP contribution < -0.4 is 10.1 Å². The molecule has 0 aliphatic carbocycles. The van der Waals surface area contributed by atoms with Gasteiger partial charge >= 0.3 is 0 Å². The molecule has 1 amide bonds. The Labute approximate surface area is 161 Å². The monoisotopic (exact) mass is 380 g/mol. The van der Waals surface area contributed by atoms with Gasteiger partial charge in [-0.15, -0.1) is 11.3 Å². The second-order valence-electron chi connectivity index (χ2n) is 6.39. The second kappa shape index (κ2) is 7.40. The zero-order valence-electron chi connectivity index (χ0n) is 15.2. The highest BCUT2D eigenvalue weighted by Gasteiger charge is 2.16. The summed E-state index contributed by atoms with van der Waals surface area (Å²) in [6.45, 7) is 1.92. The highest BCUT2D eigenvalue weighted by Crippen LogP contribution is 2.31. The van der Waals surface area contributed by atoms with E-state index in [0.29, 0.717) is 29.9 Å². The molecule has 1 unspecified atom stereocenters. The predicted octanol–water partition coefficient (Wildman–Crippen LogP) is 4.86. The molecule has 0 radical (unpaired) electrons. The molecule has 2 aromatic carbocycles. The van der Waals surface area contributed by atoms with E-state index in [-0.39, 0.29) is 11.9 Å². The van der Waals surface area contributed by atoms with E-state index in [0.717, 1.165) is 20.6 Å². The van der Waals surface area contributed by atoms with Gasteiger partial charge in [-0.25, -0.2) is 4.98 Å². The first kappa shape index (κ1) is 17.5. The fourth-order valence-corrected chi connectivity index (χ4v) is 4.03. The number of aromatic nitrogens is 1. The van der Waals surface area contributed by atoms with Crippen molar-refractivity contribution in [3.63, 3.8) is 0 Å². The third kappa shape index (κ3) is 3.66. The van der Waals surface area contributed by atoms with Gasteiger partial charge in [0.15, 0.2) is 11.3 Å². The minimum atomic E-state index is -0.218. The molecule has 0 saturated heterocycles. The van der Waals surface area contributed by atoms with Gasteiger partial charge in [-0.2, -0.15) is 0 Å². The van der Waals surface area contributed by atoms with Crippen molar-refractivity contribution in [3.8, 4) is 5.75 Å². The number of nitrogens with zero attached hydrogens (tertiary/aromatic N) is 1. The van der Waals surface area contributed by atoms with Crippen molar-refractivity contribution >= 4 is 38.4 Å². The maximum absolute atomic E-state index is 12.4. The van der Waals surface area contributed by atoms with Crippen molar-refractivity contribution in [1.82, 2.24) is 10.3 Å². The lowest BCUT2D eigenvalue weighted by atomic mass is 10.2. The molecule has 6 heteroatoms. The molecule has 5 nitrogen and oxygen atoms in total. The summed E-state index contributed by atoms with van der Waals surface area (Å²) in [6, 6.07) is 15.5. The molecule has 4 aromatic rings. The lowest BCUT2D eigenvalue weighted by Gasteiger charge is -2.10. The third-order valence-corrected chi connectivity index (χ3v) is 5.55. The molecule has 0 fully saturated rings. The molecule has 1 atom stereocenters. The first-order chi connectivity index (χ1) is 13.1. The number of hydrogen-bond donors (Lipinski definition) is 1. The number of fused-ring (bicyclic) bond motifs is 2. The molecule has 2 heterocycles. The Morgan fingerprint density at radius 1 is 1.26 bits per heavy atom. The minimum absolute atomic E-state index is 0.0193. The molecule has 138 valence electrons. The lowest BCUT2D eigenvalue weighted by molar-refractivity contribution is -0.121. The summed E-state index contributed by atoms with van der Waals surface area (Å²) >= 11 is 1.64. The molecular weight excluding hydrogens is 360 g/mol. The number of aryl methyl sites for hydroxylation is 1. The maximum Gasteiger partial charge on any atom is 0.220 e. The van der Waals surface area contributed by atoms with E-state index in [1.165, 1.54) is 0 Å². The van der Waals surface area contributed by atoms with Crippen molar-refractivity contribution in [3.05, 3.63) is 59.3 Å². The number of hydrogen-bond acceptors (Lipinski definition) is 5. The Kier molecular flexibility index (Phi) is 4.81. The second-order valence-corrected chi connectivity index (χ2v) is 7.51. The number of thiazole rings is 1. The van der Waals surface area contributed by atoms with Crippen LogP contribution in [0.15, 0.2) is 52.9 Å². The molecule has 0 saturated carbocycles. The van der Waals surface area contributed by atoms with Crippen LogP contribution in [0.4, 0.5) is 0 Å². The molecule has 27 heavy (non-hydrogen) atoms. The highest BCUT2D eigenvalue weighted by atomic mass is 32.1. The van der Waals surface area contributed by atoms with E-state index in [1.807, 2.05) is 49.4 Å². The number of benzene rings is 2. The summed E-state index contributed by atoms with van der Waals surface area (Å²) in [5.41, 5.74) is 1.69. The van der Waals surface area contributed by atoms with E-state index in [1.54, 1.807) is 18.4 Å². The third-order valence-electron chi connectivity index (χ3n) is 4.46. The Bertz CT molecular complexity index is 1070. The normalized spacial score (nSPS) is 12.4. The number of carbonyl (C=O) groups excluding carboxylic acids is 1. The molecule has 0 bridgehead atoms. The number of nitrogens with one attached hydrogen (secondary N) is 1. The first-order valence-electron chi connectivity index (χ1n) is 8.84. The summed E-state index contributed by atoms with van der Waals surface area (Å²) in [6.07, 6.45) is 1.03. The molecular formula is C21H20N2O3S. The zero-order valence-corrected chi connectivity index (χ0v) is 16.0. The van der Waals surface area contributed by atoms with Crippen LogP contribution in [0, 0.1) is 0 Å². The van der Waals surface area contributed by atoms with Gasteiger partial charge in [0.25, 0.3) is 0 Å². The van der Waals surface area contributed by atoms with Crippen LogP contribution in [0.25, 0.3) is 21.2 Å². The molecule has 4 rings (SSSR count). The summed E-state index contributed by atoms with van der Waals surface area (Å²) in [7, 11) is 1.62. The standard InChI is InChI=1S/C21H20N2O3S/c1-13(17-12-14-6-5-8-16(25-2)21(14)26-17)22-19(24)10-11-20-23-15-7-3-4-9-18(15)27-20/h3-9,12-13H,10-11H2,1-2H3,(H,22,24). The molecule has 1 N–H and O–H groups in total. The highest BCUT2D eigenvalue weighted by molar-refractivity contribution is 7.18. The van der Waals surface area contributed by atoms with Crippen molar-refractivity contribution in [1.29, 1.82) is 0 Å². The average molecular weight is 380 g/mol. The molecule has 0 aliphatic heterocycles. The molecule has 0 spiro atoms. The van der Waals surface area contributed by atoms with E-state index in [2.05, 4.69) is 16.4 Å². The van der Waals surface area contributed by atoms with Crippen LogP contribution >= 0.6 is 11.3 Å². The van der Waals surface area contributed by atoms with E-state index >= 15 is 0 Å². The van der Waals surface area contributed by atoms with Gasteiger partial charge in [0.2, 0.25) is 5.91 Å². The quantitative estimate of drug-likeness (QED) is 0.519. The number of carbonyl (C=O) groups is 1. The largest absolute Gasteiger partial charge is 0.493 e. The first-order valence-corrected chi connectivity index (χ1v) is 9.66. The number of para-hydroxylation sites is 2. The van der Waals surface area contributed by atoms with Gasteiger partial charge in [-0.3, -0.25) is 4.79 Å². The zero-order chi connectivity index (χ0) is 18.8. The van der Waals surface area contributed by atoms with E-state index < -0.39 is 0 Å². The number of methoxy groups -OCH3 is 1. The van der Waals surface area contributed by atoms with Gasteiger partial charge < -0.3 is 14.5 Å². The molecule has 2 aromatic heterocycles. The fraction of sp³-hybridized carbons (Fsp3) is 0.238. The van der Waals surface area contributed by atoms with Crippen LogP contribution in [0.2, 0.25) is 0 Å². The van der Waals surface area contributed by atoms with Crippen LogP contribution in [-0.4, -0.2) is 18.0 Å². The van der Waals surface area contributed by atoms with Gasteiger partial charge in [0.05, 0.1) is 28.4 Å². The smallest absolute Gasteiger partial charge is 0.220 e. The van der Waals surface area contributed by atoms with Crippen molar-refractivity contribution < 1.29 is 13.9 Å². The van der Waals surface area contributed by atoms with Crippen LogP contribution in [0.5, 0.6) is 5.75 Å². The van der Waals surface area contributed by atoms with Gasteiger partial charge in [0, 0.05) is 18.2 Å².